The summed E-state index contributed by atoms with van der Waals surface area (Å²) in [5.41, 5.74) is 4.10. The van der Waals surface area contributed by atoms with E-state index in [1.54, 1.807) is 29.0 Å². The summed E-state index contributed by atoms with van der Waals surface area (Å²) in [6.45, 7) is 1.76. The molecule has 3 aromatic carbocycles. The molecule has 0 aliphatic heterocycles. The van der Waals surface area contributed by atoms with Crippen LogP contribution in [0.4, 0.5) is 4.39 Å². The van der Waals surface area contributed by atoms with Crippen LogP contribution in [-0.4, -0.2) is 59.9 Å². The van der Waals surface area contributed by atoms with Crippen molar-refractivity contribution in [3.8, 4) is 0 Å². The molecule has 6 nitrogen and oxygen atoms in total. The van der Waals surface area contributed by atoms with Crippen LogP contribution in [0.5, 0.6) is 0 Å². The monoisotopic (exact) mass is 529 g/mol. The third-order valence-electron chi connectivity index (χ3n) is 6.89. The van der Waals surface area contributed by atoms with Crippen molar-refractivity contribution >= 4 is 22.7 Å². The van der Waals surface area contributed by atoms with Gasteiger partial charge in [0.2, 0.25) is 11.8 Å². The van der Waals surface area contributed by atoms with Crippen LogP contribution in [0.2, 0.25) is 0 Å². The number of fused-ring (bicyclic) bond motifs is 1. The number of rotatable bonds is 14. The number of halogens is 1. The zero-order valence-electron chi connectivity index (χ0n) is 22.4. The molecular formula is C32H36FN3O3. The lowest BCUT2D eigenvalue weighted by Crippen LogP contribution is -2.44. The molecule has 0 atom stereocenters. The Hall–Kier alpha value is -3.97. The number of nitrogens with zero attached hydrogens (tertiary/aromatic N) is 2. The number of hydrogen-bond acceptors (Lipinski definition) is 3. The summed E-state index contributed by atoms with van der Waals surface area (Å²) in [5.74, 6) is -0.505. The first-order valence-electron chi connectivity index (χ1n) is 13.4. The quantitative estimate of drug-likeness (QED) is 0.223. The zero-order valence-corrected chi connectivity index (χ0v) is 22.4. The van der Waals surface area contributed by atoms with Crippen LogP contribution >= 0.6 is 0 Å². The number of hydrogen-bond donors (Lipinski definition) is 1. The highest BCUT2D eigenvalue weighted by atomic mass is 19.1. The van der Waals surface area contributed by atoms with Gasteiger partial charge in [0.15, 0.2) is 0 Å². The molecule has 204 valence electrons. The fourth-order valence-electron chi connectivity index (χ4n) is 4.71. The first-order valence-corrected chi connectivity index (χ1v) is 13.4. The van der Waals surface area contributed by atoms with E-state index in [2.05, 4.69) is 11.1 Å². The van der Waals surface area contributed by atoms with E-state index < -0.39 is 0 Å². The molecule has 4 aromatic rings. The highest BCUT2D eigenvalue weighted by Gasteiger charge is 2.22. The van der Waals surface area contributed by atoms with Crippen LogP contribution in [0, 0.1) is 5.82 Å². The number of para-hydroxylation sites is 1. The number of nitrogens with one attached hydrogen (secondary N) is 1. The van der Waals surface area contributed by atoms with Gasteiger partial charge in [-0.1, -0.05) is 60.7 Å². The number of aryl methyl sites for hydroxylation is 1. The lowest BCUT2D eigenvalue weighted by atomic mass is 10.1. The first-order chi connectivity index (χ1) is 19.0. The van der Waals surface area contributed by atoms with Crippen molar-refractivity contribution < 1.29 is 18.7 Å². The van der Waals surface area contributed by atoms with Gasteiger partial charge >= 0.3 is 0 Å². The number of amides is 2. The molecule has 1 aromatic heterocycles. The molecule has 2 amide bonds. The van der Waals surface area contributed by atoms with Crippen LogP contribution in [0.15, 0.2) is 85.1 Å². The Morgan fingerprint density at radius 2 is 1.56 bits per heavy atom. The van der Waals surface area contributed by atoms with Gasteiger partial charge in [0, 0.05) is 56.9 Å². The Morgan fingerprint density at radius 3 is 2.33 bits per heavy atom. The normalized spacial score (nSPS) is 11.0. The molecule has 0 spiro atoms. The van der Waals surface area contributed by atoms with Gasteiger partial charge in [-0.3, -0.25) is 9.59 Å². The number of carbonyl (C=O) groups excluding carboxylic acids is 2. The second kappa shape index (κ2) is 14.3. The molecule has 39 heavy (non-hydrogen) atoms. The lowest BCUT2D eigenvalue weighted by molar-refractivity contribution is -0.141. The minimum Gasteiger partial charge on any atom is -0.385 e. The third-order valence-corrected chi connectivity index (χ3v) is 6.89. The minimum atomic E-state index is -0.316. The Morgan fingerprint density at radius 1 is 0.821 bits per heavy atom. The summed E-state index contributed by atoms with van der Waals surface area (Å²) in [7, 11) is 1.63. The highest BCUT2D eigenvalue weighted by molar-refractivity contribution is 5.85. The van der Waals surface area contributed by atoms with Crippen molar-refractivity contribution in [2.75, 3.05) is 33.4 Å². The van der Waals surface area contributed by atoms with Crippen molar-refractivity contribution in [3.63, 3.8) is 0 Å². The lowest BCUT2D eigenvalue weighted by Gasteiger charge is -2.28. The summed E-state index contributed by atoms with van der Waals surface area (Å²) in [6, 6.07) is 24.2. The van der Waals surface area contributed by atoms with Crippen molar-refractivity contribution in [3.05, 3.63) is 108 Å². The maximum absolute atomic E-state index is 13.7. The molecule has 0 fully saturated rings. The molecule has 0 unspecified atom stereocenters. The predicted molar refractivity (Wildman–Crippen MR) is 152 cm³/mol. The summed E-state index contributed by atoms with van der Waals surface area (Å²) >= 11 is 0. The smallest absolute Gasteiger partial charge is 0.242 e. The second-order valence-electron chi connectivity index (χ2n) is 9.70. The van der Waals surface area contributed by atoms with E-state index in [0.29, 0.717) is 51.9 Å². The van der Waals surface area contributed by atoms with Crippen LogP contribution in [0.3, 0.4) is 0 Å². The van der Waals surface area contributed by atoms with Crippen LogP contribution < -0.4 is 0 Å². The number of aromatic amines is 1. The topological polar surface area (TPSA) is 65.6 Å². The SMILES string of the molecule is COCCCN(CC(=O)N(CCc1c[nH]c2ccccc12)Cc1ccc(F)cc1)C(=O)CCc1ccccc1. The van der Waals surface area contributed by atoms with Gasteiger partial charge in [0.1, 0.15) is 5.82 Å². The van der Waals surface area contributed by atoms with Gasteiger partial charge in [0.05, 0.1) is 6.54 Å². The van der Waals surface area contributed by atoms with Crippen LogP contribution in [0.1, 0.15) is 29.5 Å². The maximum Gasteiger partial charge on any atom is 0.242 e. The average Bonchev–Trinajstić information content (AvgIpc) is 3.38. The van der Waals surface area contributed by atoms with E-state index in [9.17, 15) is 14.0 Å². The average molecular weight is 530 g/mol. The van der Waals surface area contributed by atoms with Gasteiger partial charge in [-0.15, -0.1) is 0 Å². The zero-order chi connectivity index (χ0) is 27.5. The second-order valence-corrected chi connectivity index (χ2v) is 9.70. The predicted octanol–water partition coefficient (Wildman–Crippen LogP) is 5.38. The maximum atomic E-state index is 13.7. The molecule has 1 N–H and O–H groups in total. The molecule has 7 heteroatoms. The van der Waals surface area contributed by atoms with Crippen molar-refractivity contribution in [1.82, 2.24) is 14.8 Å². The Labute approximate surface area is 229 Å². The van der Waals surface area contributed by atoms with Gasteiger partial charge < -0.3 is 19.5 Å². The molecule has 0 aliphatic rings. The van der Waals surface area contributed by atoms with E-state index in [1.807, 2.05) is 54.7 Å². The fraction of sp³-hybridized carbons (Fsp3) is 0.312. The van der Waals surface area contributed by atoms with Gasteiger partial charge in [-0.25, -0.2) is 4.39 Å². The van der Waals surface area contributed by atoms with Crippen molar-refractivity contribution in [1.29, 1.82) is 0 Å². The van der Waals surface area contributed by atoms with Crippen LogP contribution in [-0.2, 0) is 33.7 Å². The fourth-order valence-corrected chi connectivity index (χ4v) is 4.71. The van der Waals surface area contributed by atoms with Gasteiger partial charge in [-0.2, -0.15) is 0 Å². The first kappa shape index (κ1) is 28.0. The Balaban J connectivity index is 1.47. The largest absolute Gasteiger partial charge is 0.385 e. The number of H-pyrrole nitrogens is 1. The molecule has 4 rings (SSSR count). The third kappa shape index (κ3) is 8.26. The Bertz CT molecular complexity index is 1340. The van der Waals surface area contributed by atoms with Crippen molar-refractivity contribution in [2.45, 2.75) is 32.2 Å². The summed E-state index contributed by atoms with van der Waals surface area (Å²) in [4.78, 5) is 33.6. The summed E-state index contributed by atoms with van der Waals surface area (Å²) in [6.07, 6.45) is 4.23. The van der Waals surface area contributed by atoms with Crippen LogP contribution in [0.25, 0.3) is 10.9 Å². The van der Waals surface area contributed by atoms with E-state index in [0.717, 1.165) is 27.6 Å². The molecule has 0 radical (unpaired) electrons. The number of methoxy groups -OCH3 is 1. The minimum absolute atomic E-state index is 0.00752. The molecule has 0 saturated heterocycles. The summed E-state index contributed by atoms with van der Waals surface area (Å²) in [5, 5.41) is 1.13. The number of benzene rings is 3. The van der Waals surface area contributed by atoms with E-state index in [1.165, 1.54) is 12.1 Å². The molecule has 0 saturated carbocycles. The van der Waals surface area contributed by atoms with E-state index >= 15 is 0 Å². The molecule has 0 aliphatic carbocycles. The number of aromatic nitrogens is 1. The standard InChI is InChI=1S/C32H36FN3O3/c1-39-21-7-19-35(31(37)17-14-25-8-3-2-4-9-25)24-32(38)36(23-26-12-15-28(33)16-13-26)20-18-27-22-34-30-11-6-5-10-29(27)30/h2-6,8-13,15-16,22,34H,7,14,17-21,23-24H2,1H3. The Kier molecular flexibility index (Phi) is 10.3. The van der Waals surface area contributed by atoms with Crippen molar-refractivity contribution in [2.24, 2.45) is 0 Å². The highest BCUT2D eigenvalue weighted by Crippen LogP contribution is 2.19. The molecule has 1 heterocycles. The van der Waals surface area contributed by atoms with Gasteiger partial charge in [-0.05, 0) is 54.2 Å². The molecule has 0 bridgehead atoms. The van der Waals surface area contributed by atoms with E-state index in [-0.39, 0.29) is 24.2 Å². The number of carbonyl (C=O) groups is 2. The number of ether oxygens (including phenoxy) is 1. The summed E-state index contributed by atoms with van der Waals surface area (Å²) < 4.78 is 18.7. The van der Waals surface area contributed by atoms with E-state index in [4.69, 9.17) is 4.74 Å². The molecular weight excluding hydrogens is 493 g/mol. The van der Waals surface area contributed by atoms with Gasteiger partial charge in [0.25, 0.3) is 0 Å².